The van der Waals surface area contributed by atoms with E-state index in [4.69, 9.17) is 0 Å². The number of aryl methyl sites for hydroxylation is 1. The number of aromatic hydroxyl groups is 1. The predicted octanol–water partition coefficient (Wildman–Crippen LogP) is 4.93. The van der Waals surface area contributed by atoms with E-state index in [2.05, 4.69) is 29.3 Å². The first kappa shape index (κ1) is 14.1. The van der Waals surface area contributed by atoms with Crippen molar-refractivity contribution in [3.05, 3.63) is 83.7 Å². The van der Waals surface area contributed by atoms with Crippen molar-refractivity contribution in [1.29, 1.82) is 0 Å². The van der Waals surface area contributed by atoms with Crippen molar-refractivity contribution in [2.45, 2.75) is 6.92 Å². The third-order valence-electron chi connectivity index (χ3n) is 3.48. The zero-order chi connectivity index (χ0) is 15.4. The minimum Gasteiger partial charge on any atom is -0.508 e. The van der Waals surface area contributed by atoms with Gasteiger partial charge in [0, 0.05) is 11.3 Å². The number of phenols is 1. The normalized spacial score (nSPS) is 11.0. The maximum Gasteiger partial charge on any atom is 0.115 e. The summed E-state index contributed by atoms with van der Waals surface area (Å²) in [4.78, 5) is 4.64. The number of hydrogen-bond acceptors (Lipinski definition) is 2. The van der Waals surface area contributed by atoms with Gasteiger partial charge in [-0.25, -0.2) is 0 Å². The summed E-state index contributed by atoms with van der Waals surface area (Å²) < 4.78 is 0. The molecule has 3 aromatic rings. The van der Waals surface area contributed by atoms with Crippen LogP contribution in [0.2, 0.25) is 0 Å². The monoisotopic (exact) mass is 287 g/mol. The van der Waals surface area contributed by atoms with Crippen molar-refractivity contribution in [3.8, 4) is 16.9 Å². The molecule has 108 valence electrons. The summed E-state index contributed by atoms with van der Waals surface area (Å²) in [5.74, 6) is 0.269. The lowest BCUT2D eigenvalue weighted by molar-refractivity contribution is 0.475. The highest BCUT2D eigenvalue weighted by atomic mass is 16.3. The summed E-state index contributed by atoms with van der Waals surface area (Å²) in [6.45, 7) is 1.99. The van der Waals surface area contributed by atoms with Gasteiger partial charge in [0.2, 0.25) is 0 Å². The maximum absolute atomic E-state index is 9.44. The zero-order valence-electron chi connectivity index (χ0n) is 12.4. The number of hydrogen-bond donors (Lipinski definition) is 1. The Morgan fingerprint density at radius 3 is 2.27 bits per heavy atom. The van der Waals surface area contributed by atoms with Crippen molar-refractivity contribution in [2.75, 3.05) is 0 Å². The molecule has 0 bridgehead atoms. The SMILES string of the molecule is Cc1ccc(-c2ccc(O)cc2)c(C=Cc2ccccc2)n1. The van der Waals surface area contributed by atoms with E-state index in [9.17, 15) is 5.11 Å². The first-order chi connectivity index (χ1) is 10.7. The van der Waals surface area contributed by atoms with Gasteiger partial charge in [0.1, 0.15) is 5.75 Å². The third-order valence-corrected chi connectivity index (χ3v) is 3.48. The molecule has 0 aliphatic heterocycles. The van der Waals surface area contributed by atoms with E-state index in [-0.39, 0.29) is 5.75 Å². The van der Waals surface area contributed by atoms with Crippen LogP contribution in [-0.2, 0) is 0 Å². The van der Waals surface area contributed by atoms with E-state index in [1.807, 2.05) is 49.4 Å². The second-order valence-electron chi connectivity index (χ2n) is 5.18. The molecule has 2 aromatic carbocycles. The molecule has 1 aromatic heterocycles. The summed E-state index contributed by atoms with van der Waals surface area (Å²) >= 11 is 0. The Kier molecular flexibility index (Phi) is 4.01. The molecule has 0 unspecified atom stereocenters. The first-order valence-electron chi connectivity index (χ1n) is 7.22. The number of benzene rings is 2. The smallest absolute Gasteiger partial charge is 0.115 e. The Morgan fingerprint density at radius 1 is 0.818 bits per heavy atom. The van der Waals surface area contributed by atoms with E-state index >= 15 is 0 Å². The molecular formula is C20H17NO. The molecule has 0 saturated heterocycles. The van der Waals surface area contributed by atoms with E-state index < -0.39 is 0 Å². The fourth-order valence-electron chi connectivity index (χ4n) is 2.33. The van der Waals surface area contributed by atoms with Gasteiger partial charge in [0.05, 0.1) is 5.69 Å². The lowest BCUT2D eigenvalue weighted by Gasteiger charge is -2.07. The van der Waals surface area contributed by atoms with E-state index in [0.717, 1.165) is 28.1 Å². The van der Waals surface area contributed by atoms with Crippen molar-refractivity contribution in [2.24, 2.45) is 0 Å². The van der Waals surface area contributed by atoms with Crippen LogP contribution < -0.4 is 0 Å². The molecule has 1 N–H and O–H groups in total. The molecule has 0 spiro atoms. The molecule has 0 saturated carbocycles. The highest BCUT2D eigenvalue weighted by Crippen LogP contribution is 2.26. The number of nitrogens with zero attached hydrogens (tertiary/aromatic N) is 1. The Labute approximate surface area is 130 Å². The highest BCUT2D eigenvalue weighted by Gasteiger charge is 2.05. The van der Waals surface area contributed by atoms with Crippen molar-refractivity contribution < 1.29 is 5.11 Å². The summed E-state index contributed by atoms with van der Waals surface area (Å²) in [5, 5.41) is 9.44. The van der Waals surface area contributed by atoms with Crippen LogP contribution in [0.5, 0.6) is 5.75 Å². The van der Waals surface area contributed by atoms with Crippen LogP contribution in [0, 0.1) is 6.92 Å². The van der Waals surface area contributed by atoms with Crippen LogP contribution in [0.3, 0.4) is 0 Å². The lowest BCUT2D eigenvalue weighted by atomic mass is 10.0. The summed E-state index contributed by atoms with van der Waals surface area (Å²) in [7, 11) is 0. The van der Waals surface area contributed by atoms with Gasteiger partial charge in [-0.05, 0) is 42.3 Å². The number of phenolic OH excluding ortho intramolecular Hbond substituents is 1. The average molecular weight is 287 g/mol. The molecular weight excluding hydrogens is 270 g/mol. The fourth-order valence-corrected chi connectivity index (χ4v) is 2.33. The van der Waals surface area contributed by atoms with E-state index in [1.165, 1.54) is 0 Å². The Hall–Kier alpha value is -2.87. The zero-order valence-corrected chi connectivity index (χ0v) is 12.4. The van der Waals surface area contributed by atoms with Crippen molar-refractivity contribution >= 4 is 12.2 Å². The molecule has 2 heteroatoms. The average Bonchev–Trinajstić information content (AvgIpc) is 2.55. The first-order valence-corrected chi connectivity index (χ1v) is 7.22. The summed E-state index contributed by atoms with van der Waals surface area (Å²) in [6, 6.07) is 21.4. The molecule has 2 nitrogen and oxygen atoms in total. The Bertz CT molecular complexity index is 790. The van der Waals surface area contributed by atoms with Gasteiger partial charge in [-0.15, -0.1) is 0 Å². The van der Waals surface area contributed by atoms with Gasteiger partial charge in [0.15, 0.2) is 0 Å². The largest absolute Gasteiger partial charge is 0.508 e. The number of pyridine rings is 1. The molecule has 0 radical (unpaired) electrons. The minimum absolute atomic E-state index is 0.269. The minimum atomic E-state index is 0.269. The number of rotatable bonds is 3. The third kappa shape index (κ3) is 3.23. The molecule has 0 fully saturated rings. The Morgan fingerprint density at radius 2 is 1.55 bits per heavy atom. The lowest BCUT2D eigenvalue weighted by Crippen LogP contribution is -1.90. The summed E-state index contributed by atoms with van der Waals surface area (Å²) in [5.41, 5.74) is 5.14. The van der Waals surface area contributed by atoms with Gasteiger partial charge in [0.25, 0.3) is 0 Å². The molecule has 0 amide bonds. The van der Waals surface area contributed by atoms with Crippen LogP contribution in [0.4, 0.5) is 0 Å². The van der Waals surface area contributed by atoms with Crippen molar-refractivity contribution in [1.82, 2.24) is 4.98 Å². The maximum atomic E-state index is 9.44. The van der Waals surface area contributed by atoms with Crippen LogP contribution >= 0.6 is 0 Å². The Balaban J connectivity index is 2.01. The molecule has 0 aliphatic rings. The molecule has 0 aliphatic carbocycles. The quantitative estimate of drug-likeness (QED) is 0.740. The van der Waals surface area contributed by atoms with Gasteiger partial charge in [-0.3, -0.25) is 4.98 Å². The second-order valence-corrected chi connectivity index (χ2v) is 5.18. The van der Waals surface area contributed by atoms with Gasteiger partial charge in [-0.1, -0.05) is 54.6 Å². The van der Waals surface area contributed by atoms with Gasteiger partial charge in [-0.2, -0.15) is 0 Å². The second kappa shape index (κ2) is 6.27. The highest BCUT2D eigenvalue weighted by molar-refractivity contribution is 5.79. The van der Waals surface area contributed by atoms with Crippen LogP contribution in [-0.4, -0.2) is 10.1 Å². The molecule has 3 rings (SSSR count). The topological polar surface area (TPSA) is 33.1 Å². The molecule has 1 heterocycles. The van der Waals surface area contributed by atoms with E-state index in [0.29, 0.717) is 0 Å². The molecule has 0 atom stereocenters. The van der Waals surface area contributed by atoms with Crippen LogP contribution in [0.15, 0.2) is 66.7 Å². The number of aromatic nitrogens is 1. The van der Waals surface area contributed by atoms with Crippen LogP contribution in [0.25, 0.3) is 23.3 Å². The summed E-state index contributed by atoms with van der Waals surface area (Å²) in [6.07, 6.45) is 4.09. The predicted molar refractivity (Wildman–Crippen MR) is 91.4 cm³/mol. The standard InChI is InChI=1S/C20H17NO/c1-15-7-13-19(17-9-11-18(22)12-10-17)20(21-15)14-8-16-5-3-2-4-6-16/h2-14,22H,1H3. The van der Waals surface area contributed by atoms with Gasteiger partial charge < -0.3 is 5.11 Å². The van der Waals surface area contributed by atoms with Crippen molar-refractivity contribution in [3.63, 3.8) is 0 Å². The van der Waals surface area contributed by atoms with Gasteiger partial charge >= 0.3 is 0 Å². The van der Waals surface area contributed by atoms with E-state index in [1.54, 1.807) is 12.1 Å². The fraction of sp³-hybridized carbons (Fsp3) is 0.0500. The molecule has 22 heavy (non-hydrogen) atoms. The van der Waals surface area contributed by atoms with Crippen LogP contribution in [0.1, 0.15) is 17.0 Å².